The molecule has 21 heavy (non-hydrogen) atoms. The lowest BCUT2D eigenvalue weighted by Crippen LogP contribution is -1.90. The predicted octanol–water partition coefficient (Wildman–Crippen LogP) is 4.65. The van der Waals surface area contributed by atoms with Crippen LogP contribution in [0, 0.1) is 0 Å². The first-order valence-corrected chi connectivity index (χ1v) is 7.49. The first-order valence-electron chi connectivity index (χ1n) is 6.41. The number of methoxy groups -OCH3 is 3. The molecular formula is C17H17IO3. The van der Waals surface area contributed by atoms with Gasteiger partial charge in [0.1, 0.15) is 5.75 Å². The van der Waals surface area contributed by atoms with E-state index in [1.807, 2.05) is 42.5 Å². The average Bonchev–Trinajstić information content (AvgIpc) is 2.54. The van der Waals surface area contributed by atoms with Gasteiger partial charge in [0.2, 0.25) is 0 Å². The Bertz CT molecular complexity index is 633. The Morgan fingerprint density at radius 3 is 2.10 bits per heavy atom. The SMILES string of the molecule is COc1ccc(C(I)=Cc2ccc(OC)c(OC)c2)cc1. The minimum Gasteiger partial charge on any atom is -0.497 e. The Morgan fingerprint density at radius 1 is 0.857 bits per heavy atom. The quantitative estimate of drug-likeness (QED) is 0.544. The highest BCUT2D eigenvalue weighted by Crippen LogP contribution is 2.31. The summed E-state index contributed by atoms with van der Waals surface area (Å²) in [5.41, 5.74) is 2.21. The number of rotatable bonds is 5. The van der Waals surface area contributed by atoms with Crippen LogP contribution in [0.1, 0.15) is 11.1 Å². The molecule has 0 atom stereocenters. The minimum absolute atomic E-state index is 0.727. The van der Waals surface area contributed by atoms with Crippen molar-refractivity contribution in [2.75, 3.05) is 21.3 Å². The highest BCUT2D eigenvalue weighted by Gasteiger charge is 2.04. The van der Waals surface area contributed by atoms with Gasteiger partial charge < -0.3 is 14.2 Å². The molecule has 2 aromatic rings. The lowest BCUT2D eigenvalue weighted by molar-refractivity contribution is 0.355. The highest BCUT2D eigenvalue weighted by molar-refractivity contribution is 14.1. The van der Waals surface area contributed by atoms with Crippen molar-refractivity contribution in [1.82, 2.24) is 0 Å². The van der Waals surface area contributed by atoms with E-state index in [-0.39, 0.29) is 0 Å². The zero-order valence-corrected chi connectivity index (χ0v) is 14.4. The third-order valence-corrected chi connectivity index (χ3v) is 4.00. The van der Waals surface area contributed by atoms with E-state index >= 15 is 0 Å². The molecule has 0 bridgehead atoms. The van der Waals surface area contributed by atoms with Crippen LogP contribution in [-0.4, -0.2) is 21.3 Å². The molecular weight excluding hydrogens is 379 g/mol. The Hall–Kier alpha value is -1.69. The molecule has 0 unspecified atom stereocenters. The van der Waals surface area contributed by atoms with Gasteiger partial charge in [-0.05, 0) is 64.1 Å². The molecule has 0 N–H and O–H groups in total. The zero-order valence-electron chi connectivity index (χ0n) is 12.2. The zero-order chi connectivity index (χ0) is 15.2. The summed E-state index contributed by atoms with van der Waals surface area (Å²) in [6.45, 7) is 0. The lowest BCUT2D eigenvalue weighted by Gasteiger charge is -2.08. The van der Waals surface area contributed by atoms with E-state index in [0.717, 1.165) is 32.0 Å². The molecule has 2 aromatic carbocycles. The predicted molar refractivity (Wildman–Crippen MR) is 94.4 cm³/mol. The molecule has 0 aliphatic heterocycles. The maximum atomic E-state index is 5.32. The van der Waals surface area contributed by atoms with E-state index in [1.165, 1.54) is 0 Å². The highest BCUT2D eigenvalue weighted by atomic mass is 127. The van der Waals surface area contributed by atoms with E-state index in [9.17, 15) is 0 Å². The normalized spacial score (nSPS) is 11.1. The number of hydrogen-bond donors (Lipinski definition) is 0. The molecule has 0 aromatic heterocycles. The van der Waals surface area contributed by atoms with Gasteiger partial charge in [0.15, 0.2) is 11.5 Å². The van der Waals surface area contributed by atoms with Gasteiger partial charge in [0.05, 0.1) is 21.3 Å². The average molecular weight is 396 g/mol. The van der Waals surface area contributed by atoms with Crippen LogP contribution in [0.5, 0.6) is 17.2 Å². The molecule has 0 spiro atoms. The van der Waals surface area contributed by atoms with Gasteiger partial charge in [-0.1, -0.05) is 18.2 Å². The van der Waals surface area contributed by atoms with Gasteiger partial charge in [-0.2, -0.15) is 0 Å². The van der Waals surface area contributed by atoms with Gasteiger partial charge in [0.25, 0.3) is 0 Å². The number of halogens is 1. The van der Waals surface area contributed by atoms with Crippen molar-refractivity contribution in [2.45, 2.75) is 0 Å². The summed E-state index contributed by atoms with van der Waals surface area (Å²) in [5.74, 6) is 2.31. The van der Waals surface area contributed by atoms with E-state index in [4.69, 9.17) is 14.2 Å². The Balaban J connectivity index is 2.29. The fraction of sp³-hybridized carbons (Fsp3) is 0.176. The third-order valence-electron chi connectivity index (χ3n) is 3.07. The van der Waals surface area contributed by atoms with Crippen LogP contribution >= 0.6 is 22.6 Å². The maximum absolute atomic E-state index is 5.32. The fourth-order valence-corrected chi connectivity index (χ4v) is 2.64. The first-order chi connectivity index (χ1) is 10.2. The molecule has 0 heterocycles. The standard InChI is InChI=1S/C17H17IO3/c1-19-14-7-5-13(6-8-14)15(18)10-12-4-9-16(20-2)17(11-12)21-3/h4-11H,1-3H3. The van der Waals surface area contributed by atoms with Gasteiger partial charge in [0, 0.05) is 3.58 Å². The molecule has 4 heteroatoms. The lowest BCUT2D eigenvalue weighted by atomic mass is 10.1. The largest absolute Gasteiger partial charge is 0.497 e. The molecule has 0 aliphatic rings. The van der Waals surface area contributed by atoms with E-state index in [1.54, 1.807) is 21.3 Å². The number of hydrogen-bond acceptors (Lipinski definition) is 3. The summed E-state index contributed by atoms with van der Waals surface area (Å²) in [6.07, 6.45) is 2.10. The summed E-state index contributed by atoms with van der Waals surface area (Å²) in [6, 6.07) is 13.9. The summed E-state index contributed by atoms with van der Waals surface area (Å²) in [5, 5.41) is 0. The Kier molecular flexibility index (Phi) is 5.50. The van der Waals surface area contributed by atoms with Crippen molar-refractivity contribution in [3.8, 4) is 17.2 Å². The first kappa shape index (κ1) is 15.7. The van der Waals surface area contributed by atoms with Crippen molar-refractivity contribution >= 4 is 32.2 Å². The molecule has 3 nitrogen and oxygen atoms in total. The molecule has 0 aliphatic carbocycles. The fourth-order valence-electron chi connectivity index (χ4n) is 1.92. The van der Waals surface area contributed by atoms with Gasteiger partial charge in [-0.3, -0.25) is 0 Å². The number of ether oxygens (including phenoxy) is 3. The van der Waals surface area contributed by atoms with Crippen LogP contribution in [0.2, 0.25) is 0 Å². The second kappa shape index (κ2) is 7.36. The van der Waals surface area contributed by atoms with Crippen LogP contribution in [0.15, 0.2) is 42.5 Å². The summed E-state index contributed by atoms with van der Waals surface area (Å²) in [7, 11) is 4.94. The molecule has 0 fully saturated rings. The van der Waals surface area contributed by atoms with Gasteiger partial charge >= 0.3 is 0 Å². The van der Waals surface area contributed by atoms with E-state index in [2.05, 4.69) is 28.7 Å². The van der Waals surface area contributed by atoms with Gasteiger partial charge in [-0.15, -0.1) is 0 Å². The summed E-state index contributed by atoms with van der Waals surface area (Å²) >= 11 is 2.32. The van der Waals surface area contributed by atoms with Crippen molar-refractivity contribution in [1.29, 1.82) is 0 Å². The van der Waals surface area contributed by atoms with E-state index in [0.29, 0.717) is 0 Å². The van der Waals surface area contributed by atoms with Crippen LogP contribution < -0.4 is 14.2 Å². The smallest absolute Gasteiger partial charge is 0.161 e. The summed E-state index contributed by atoms with van der Waals surface area (Å²) in [4.78, 5) is 0. The van der Waals surface area contributed by atoms with Crippen LogP contribution in [0.25, 0.3) is 9.66 Å². The van der Waals surface area contributed by atoms with Crippen molar-refractivity contribution in [3.63, 3.8) is 0 Å². The number of benzene rings is 2. The second-order valence-corrected chi connectivity index (χ2v) is 5.50. The van der Waals surface area contributed by atoms with Crippen molar-refractivity contribution < 1.29 is 14.2 Å². The topological polar surface area (TPSA) is 27.7 Å². The Labute approximate surface area is 138 Å². The van der Waals surface area contributed by atoms with Crippen molar-refractivity contribution in [3.05, 3.63) is 53.6 Å². The summed E-state index contributed by atoms with van der Waals surface area (Å²) < 4.78 is 16.9. The second-order valence-electron chi connectivity index (χ2n) is 4.34. The van der Waals surface area contributed by atoms with E-state index < -0.39 is 0 Å². The molecule has 2 rings (SSSR count). The van der Waals surface area contributed by atoms with Crippen LogP contribution in [0.3, 0.4) is 0 Å². The molecule has 0 saturated carbocycles. The minimum atomic E-state index is 0.727. The third kappa shape index (κ3) is 3.91. The molecule has 110 valence electrons. The van der Waals surface area contributed by atoms with Crippen molar-refractivity contribution in [2.24, 2.45) is 0 Å². The maximum Gasteiger partial charge on any atom is 0.161 e. The monoisotopic (exact) mass is 396 g/mol. The molecule has 0 amide bonds. The van der Waals surface area contributed by atoms with Crippen LogP contribution in [-0.2, 0) is 0 Å². The van der Waals surface area contributed by atoms with Crippen LogP contribution in [0.4, 0.5) is 0 Å². The van der Waals surface area contributed by atoms with Gasteiger partial charge in [-0.25, -0.2) is 0 Å². The molecule has 0 radical (unpaired) electrons. The Morgan fingerprint density at radius 2 is 1.52 bits per heavy atom. The molecule has 0 saturated heterocycles.